The van der Waals surface area contributed by atoms with Gasteiger partial charge in [-0.25, -0.2) is 4.98 Å². The van der Waals surface area contributed by atoms with E-state index in [1.54, 1.807) is 42.9 Å². The van der Waals surface area contributed by atoms with E-state index in [4.69, 9.17) is 32.7 Å². The monoisotopic (exact) mass is 591 g/mol. The van der Waals surface area contributed by atoms with Crippen LogP contribution in [-0.2, 0) is 19.4 Å². The molecule has 180 valence electrons. The molecule has 0 radical (unpaired) electrons. The molecule has 0 spiro atoms. The molecular weight excluding hydrogens is 573 g/mol. The van der Waals surface area contributed by atoms with Crippen LogP contribution >= 0.6 is 50.5 Å². The van der Waals surface area contributed by atoms with Gasteiger partial charge in [0.15, 0.2) is 11.5 Å². The first-order valence-electron chi connectivity index (χ1n) is 10.9. The Morgan fingerprint density at radius 3 is 2.86 bits per heavy atom. The van der Waals surface area contributed by atoms with E-state index in [9.17, 15) is 4.79 Å². The van der Waals surface area contributed by atoms with Crippen LogP contribution in [0.25, 0.3) is 10.2 Å². The van der Waals surface area contributed by atoms with Gasteiger partial charge in [-0.15, -0.1) is 11.3 Å². The van der Waals surface area contributed by atoms with Gasteiger partial charge in [0.25, 0.3) is 5.56 Å². The molecule has 0 N–H and O–H groups in total. The van der Waals surface area contributed by atoms with E-state index in [1.807, 2.05) is 12.1 Å². The molecule has 0 saturated heterocycles. The summed E-state index contributed by atoms with van der Waals surface area (Å²) in [6.07, 6.45) is 7.28. The summed E-state index contributed by atoms with van der Waals surface area (Å²) < 4.78 is 13.5. The first-order chi connectivity index (χ1) is 16.9. The Kier molecular flexibility index (Phi) is 7.16. The molecule has 0 saturated carbocycles. The largest absolute Gasteiger partial charge is 0.493 e. The Balaban J connectivity index is 1.41. The first kappa shape index (κ1) is 24.3. The number of halogens is 3. The standard InChI is InChI=1S/C25H20BrCl2N3O3S/c1-33-20-9-14(8-18(26)23(20)34-12-15-6-7-16(27)10-19(15)28)11-30-31-13-29-24-22(25(31)32)17-4-2-3-5-21(17)35-24/h6-11,13H,2-5,12H2,1H3. The van der Waals surface area contributed by atoms with Crippen LogP contribution in [0, 0.1) is 0 Å². The minimum atomic E-state index is -0.142. The van der Waals surface area contributed by atoms with Crippen LogP contribution in [0.15, 0.2) is 51.0 Å². The van der Waals surface area contributed by atoms with Crippen molar-refractivity contribution in [2.45, 2.75) is 32.3 Å². The molecule has 0 atom stereocenters. The van der Waals surface area contributed by atoms with Gasteiger partial charge in [0.05, 0.1) is 23.2 Å². The number of methoxy groups -OCH3 is 1. The van der Waals surface area contributed by atoms with Crippen LogP contribution in [0.4, 0.5) is 0 Å². The molecule has 2 aromatic carbocycles. The molecule has 35 heavy (non-hydrogen) atoms. The fourth-order valence-corrected chi connectivity index (χ4v) is 6.35. The number of ether oxygens (including phenoxy) is 2. The van der Waals surface area contributed by atoms with Gasteiger partial charge in [0.1, 0.15) is 17.8 Å². The Hall–Kier alpha value is -2.39. The van der Waals surface area contributed by atoms with E-state index < -0.39 is 0 Å². The summed E-state index contributed by atoms with van der Waals surface area (Å²) in [7, 11) is 1.56. The summed E-state index contributed by atoms with van der Waals surface area (Å²) in [5.41, 5.74) is 2.53. The van der Waals surface area contributed by atoms with E-state index in [-0.39, 0.29) is 12.2 Å². The third kappa shape index (κ3) is 4.98. The highest BCUT2D eigenvalue weighted by Gasteiger charge is 2.20. The number of hydrogen-bond acceptors (Lipinski definition) is 6. The number of benzene rings is 2. The van der Waals surface area contributed by atoms with Crippen molar-refractivity contribution < 1.29 is 9.47 Å². The van der Waals surface area contributed by atoms with Crippen molar-refractivity contribution in [1.82, 2.24) is 9.66 Å². The molecule has 6 nitrogen and oxygen atoms in total. The summed E-state index contributed by atoms with van der Waals surface area (Å²) in [6.45, 7) is 0.241. The normalized spacial score (nSPS) is 13.4. The molecule has 0 aliphatic heterocycles. The second kappa shape index (κ2) is 10.3. The van der Waals surface area contributed by atoms with Gasteiger partial charge >= 0.3 is 0 Å². The molecule has 5 rings (SSSR count). The molecule has 2 aromatic heterocycles. The molecule has 0 fully saturated rings. The lowest BCUT2D eigenvalue weighted by Gasteiger charge is -2.14. The average molecular weight is 593 g/mol. The second-order valence-electron chi connectivity index (χ2n) is 8.09. The van der Waals surface area contributed by atoms with E-state index in [2.05, 4.69) is 26.0 Å². The third-order valence-electron chi connectivity index (χ3n) is 5.83. The number of aromatic nitrogens is 2. The van der Waals surface area contributed by atoms with Gasteiger partial charge in [-0.1, -0.05) is 29.3 Å². The molecular formula is C25H20BrCl2N3O3S. The highest BCUT2D eigenvalue weighted by Crippen LogP contribution is 2.37. The van der Waals surface area contributed by atoms with Gasteiger partial charge in [-0.05, 0) is 77.0 Å². The van der Waals surface area contributed by atoms with E-state index >= 15 is 0 Å². The first-order valence-corrected chi connectivity index (χ1v) is 13.3. The zero-order valence-corrected chi connectivity index (χ0v) is 22.6. The highest BCUT2D eigenvalue weighted by molar-refractivity contribution is 9.10. The maximum absolute atomic E-state index is 13.1. The predicted molar refractivity (Wildman–Crippen MR) is 145 cm³/mol. The number of thiophene rings is 1. The second-order valence-corrected chi connectivity index (χ2v) is 10.9. The van der Waals surface area contributed by atoms with Crippen LogP contribution in [0.2, 0.25) is 10.0 Å². The summed E-state index contributed by atoms with van der Waals surface area (Å²) in [5, 5.41) is 6.18. The van der Waals surface area contributed by atoms with Gasteiger partial charge in [0.2, 0.25) is 0 Å². The van der Waals surface area contributed by atoms with Crippen LogP contribution in [0.3, 0.4) is 0 Å². The Morgan fingerprint density at radius 1 is 1.23 bits per heavy atom. The fourth-order valence-electron chi connectivity index (χ4n) is 4.09. The zero-order chi connectivity index (χ0) is 24.5. The number of aryl methyl sites for hydroxylation is 2. The lowest BCUT2D eigenvalue weighted by molar-refractivity contribution is 0.282. The smallest absolute Gasteiger partial charge is 0.282 e. The number of fused-ring (bicyclic) bond motifs is 3. The summed E-state index contributed by atoms with van der Waals surface area (Å²) >= 11 is 17.4. The van der Waals surface area contributed by atoms with Crippen LogP contribution in [0.5, 0.6) is 11.5 Å². The maximum atomic E-state index is 13.1. The number of rotatable bonds is 6. The lowest BCUT2D eigenvalue weighted by Crippen LogP contribution is -2.18. The topological polar surface area (TPSA) is 65.7 Å². The van der Waals surface area contributed by atoms with Gasteiger partial charge in [-0.3, -0.25) is 4.79 Å². The van der Waals surface area contributed by atoms with E-state index in [1.165, 1.54) is 15.9 Å². The molecule has 0 bridgehead atoms. The van der Waals surface area contributed by atoms with E-state index in [0.29, 0.717) is 31.4 Å². The molecule has 10 heteroatoms. The number of hydrogen-bond donors (Lipinski definition) is 0. The van der Waals surface area contributed by atoms with Crippen molar-refractivity contribution in [3.05, 3.63) is 83.1 Å². The number of nitrogens with zero attached hydrogens (tertiary/aromatic N) is 3. The summed E-state index contributed by atoms with van der Waals surface area (Å²) in [5.74, 6) is 1.04. The Bertz CT molecular complexity index is 1520. The SMILES string of the molecule is COc1cc(C=Nn2cnc3sc4c(c3c2=O)CCCC4)cc(Br)c1OCc1ccc(Cl)cc1Cl. The van der Waals surface area contributed by atoms with Gasteiger partial charge < -0.3 is 9.47 Å². The predicted octanol–water partition coefficient (Wildman–Crippen LogP) is 6.88. The van der Waals surface area contributed by atoms with Crippen molar-refractivity contribution in [2.75, 3.05) is 7.11 Å². The van der Waals surface area contributed by atoms with Crippen LogP contribution in [0.1, 0.15) is 34.4 Å². The minimum absolute atomic E-state index is 0.142. The van der Waals surface area contributed by atoms with Crippen molar-refractivity contribution in [3.63, 3.8) is 0 Å². The minimum Gasteiger partial charge on any atom is -0.493 e. The molecule has 4 aromatic rings. The summed E-state index contributed by atoms with van der Waals surface area (Å²) in [6, 6.07) is 8.88. The third-order valence-corrected chi connectivity index (χ3v) is 8.20. The van der Waals surface area contributed by atoms with Crippen molar-refractivity contribution >= 4 is 66.9 Å². The average Bonchev–Trinajstić information content (AvgIpc) is 3.23. The Morgan fingerprint density at radius 2 is 2.06 bits per heavy atom. The molecule has 1 aliphatic carbocycles. The van der Waals surface area contributed by atoms with Gasteiger partial charge in [-0.2, -0.15) is 9.78 Å². The zero-order valence-electron chi connectivity index (χ0n) is 18.7. The van der Waals surface area contributed by atoms with Crippen LogP contribution in [-0.4, -0.2) is 23.0 Å². The van der Waals surface area contributed by atoms with Crippen molar-refractivity contribution in [1.29, 1.82) is 0 Å². The lowest BCUT2D eigenvalue weighted by atomic mass is 9.97. The Labute approximate surface area is 224 Å². The maximum Gasteiger partial charge on any atom is 0.282 e. The summed E-state index contributed by atoms with van der Waals surface area (Å²) in [4.78, 5) is 19.7. The fraction of sp³-hybridized carbons (Fsp3) is 0.240. The van der Waals surface area contributed by atoms with E-state index in [0.717, 1.165) is 47.2 Å². The molecule has 0 amide bonds. The van der Waals surface area contributed by atoms with Crippen molar-refractivity contribution in [3.8, 4) is 11.5 Å². The molecule has 1 aliphatic rings. The highest BCUT2D eigenvalue weighted by atomic mass is 79.9. The van der Waals surface area contributed by atoms with Gasteiger partial charge in [0, 0.05) is 20.5 Å². The quantitative estimate of drug-likeness (QED) is 0.229. The molecule has 2 heterocycles. The van der Waals surface area contributed by atoms with Crippen LogP contribution < -0.4 is 15.0 Å². The van der Waals surface area contributed by atoms with Crippen molar-refractivity contribution in [2.24, 2.45) is 5.10 Å². The molecule has 0 unspecified atom stereocenters.